The molecule has 0 aliphatic heterocycles. The van der Waals surface area contributed by atoms with E-state index in [1.54, 1.807) is 6.20 Å². The summed E-state index contributed by atoms with van der Waals surface area (Å²) in [5.74, 6) is 0. The molecule has 0 unspecified atom stereocenters. The number of nitrogens with zero attached hydrogens (tertiary/aromatic N) is 4. The van der Waals surface area contributed by atoms with Gasteiger partial charge in [0, 0.05) is 22.5 Å². The summed E-state index contributed by atoms with van der Waals surface area (Å²) in [4.78, 5) is 36.2. The lowest BCUT2D eigenvalue weighted by Gasteiger charge is -2.04. The van der Waals surface area contributed by atoms with Gasteiger partial charge in [0.05, 0.1) is 24.0 Å². The molecule has 0 amide bonds. The van der Waals surface area contributed by atoms with Crippen LogP contribution in [0.15, 0.2) is 70.0 Å². The van der Waals surface area contributed by atoms with Gasteiger partial charge in [-0.1, -0.05) is 30.3 Å². The van der Waals surface area contributed by atoms with Crippen LogP contribution in [0.3, 0.4) is 0 Å². The lowest BCUT2D eigenvalue weighted by molar-refractivity contribution is 0.729. The Morgan fingerprint density at radius 3 is 2.78 bits per heavy atom. The van der Waals surface area contributed by atoms with Gasteiger partial charge in [-0.3, -0.25) is 18.6 Å². The van der Waals surface area contributed by atoms with Crippen LogP contribution in [0.2, 0.25) is 0 Å². The van der Waals surface area contributed by atoms with Crippen molar-refractivity contribution in [2.45, 2.75) is 6.54 Å². The number of benzene rings is 1. The average molecular weight is 392 g/mol. The Bertz CT molecular complexity index is 1400. The fourth-order valence-corrected chi connectivity index (χ4v) is 4.69. The smallest absolute Gasteiger partial charge is 0.262 e. The summed E-state index contributed by atoms with van der Waals surface area (Å²) in [5, 5.41) is 2.39. The summed E-state index contributed by atoms with van der Waals surface area (Å²) >= 11 is 2.88. The first-order valence-electron chi connectivity index (χ1n) is 8.19. The molecule has 0 spiro atoms. The summed E-state index contributed by atoms with van der Waals surface area (Å²) in [5.41, 5.74) is 1.32. The monoisotopic (exact) mass is 392 g/mol. The van der Waals surface area contributed by atoms with E-state index in [0.717, 1.165) is 10.4 Å². The molecule has 8 heteroatoms. The zero-order valence-corrected chi connectivity index (χ0v) is 15.5. The van der Waals surface area contributed by atoms with Crippen molar-refractivity contribution in [3.63, 3.8) is 0 Å². The lowest BCUT2D eigenvalue weighted by Crippen LogP contribution is -2.22. The van der Waals surface area contributed by atoms with Crippen LogP contribution >= 0.6 is 22.7 Å². The molecule has 4 heterocycles. The van der Waals surface area contributed by atoms with Crippen LogP contribution in [0.5, 0.6) is 0 Å². The summed E-state index contributed by atoms with van der Waals surface area (Å²) in [6.07, 6.45) is 3.21. The van der Waals surface area contributed by atoms with E-state index < -0.39 is 0 Å². The summed E-state index contributed by atoms with van der Waals surface area (Å²) in [6.45, 7) is 0.210. The number of hydrogen-bond acceptors (Lipinski definition) is 6. The number of aromatic nitrogens is 4. The summed E-state index contributed by atoms with van der Waals surface area (Å²) in [6, 6.07) is 13.3. The summed E-state index contributed by atoms with van der Waals surface area (Å²) < 4.78 is 2.99. The molecule has 0 fully saturated rings. The molecule has 0 saturated carbocycles. The highest BCUT2D eigenvalue weighted by atomic mass is 32.1. The molecule has 5 aromatic rings. The van der Waals surface area contributed by atoms with Crippen molar-refractivity contribution in [1.29, 1.82) is 0 Å². The number of thiophene rings is 1. The maximum absolute atomic E-state index is 12.9. The highest BCUT2D eigenvalue weighted by Crippen LogP contribution is 2.30. The Hall–Kier alpha value is -3.10. The van der Waals surface area contributed by atoms with E-state index >= 15 is 0 Å². The molecule has 0 aliphatic rings. The fourth-order valence-electron chi connectivity index (χ4n) is 2.96. The Morgan fingerprint density at radius 1 is 1.07 bits per heavy atom. The predicted octanol–water partition coefficient (Wildman–Crippen LogP) is 3.24. The molecule has 0 saturated heterocycles. The highest BCUT2D eigenvalue weighted by Gasteiger charge is 2.12. The van der Waals surface area contributed by atoms with Crippen LogP contribution in [0, 0.1) is 0 Å². The van der Waals surface area contributed by atoms with Gasteiger partial charge in [0.15, 0.2) is 4.96 Å². The zero-order chi connectivity index (χ0) is 18.4. The molecule has 5 rings (SSSR count). The number of hydrogen-bond donors (Lipinski definition) is 0. The third kappa shape index (κ3) is 2.79. The van der Waals surface area contributed by atoms with Crippen LogP contribution in [-0.4, -0.2) is 18.9 Å². The molecule has 1 aromatic carbocycles. The first-order valence-corrected chi connectivity index (χ1v) is 9.89. The molecule has 0 bridgehead atoms. The van der Waals surface area contributed by atoms with E-state index in [9.17, 15) is 9.59 Å². The number of thiazole rings is 1. The molecule has 0 atom stereocenters. The average Bonchev–Trinajstić information content (AvgIpc) is 3.32. The maximum atomic E-state index is 12.9. The molecule has 0 N–H and O–H groups in total. The number of rotatable bonds is 3. The second-order valence-electron chi connectivity index (χ2n) is 6.01. The maximum Gasteiger partial charge on any atom is 0.262 e. The molecule has 6 nitrogen and oxygen atoms in total. The second-order valence-corrected chi connectivity index (χ2v) is 7.92. The highest BCUT2D eigenvalue weighted by molar-refractivity contribution is 7.21. The van der Waals surface area contributed by atoms with E-state index in [2.05, 4.69) is 9.97 Å². The van der Waals surface area contributed by atoms with E-state index in [1.165, 1.54) is 44.0 Å². The quantitative estimate of drug-likeness (QED) is 0.473. The Kier molecular flexibility index (Phi) is 3.73. The van der Waals surface area contributed by atoms with Gasteiger partial charge in [0.25, 0.3) is 11.1 Å². The SMILES string of the molecule is O=c1c2cc(-c3ccccc3)sc2ncn1Cc1cc(=O)n2ccsc2n1. The van der Waals surface area contributed by atoms with Gasteiger partial charge in [-0.15, -0.1) is 22.7 Å². The third-order valence-corrected chi connectivity index (χ3v) is 6.11. The zero-order valence-electron chi connectivity index (χ0n) is 13.9. The van der Waals surface area contributed by atoms with Gasteiger partial charge in [-0.25, -0.2) is 9.97 Å². The van der Waals surface area contributed by atoms with Crippen molar-refractivity contribution < 1.29 is 0 Å². The second kappa shape index (κ2) is 6.26. The van der Waals surface area contributed by atoms with Crippen molar-refractivity contribution in [3.8, 4) is 10.4 Å². The van der Waals surface area contributed by atoms with E-state index in [1.807, 2.05) is 41.8 Å². The predicted molar refractivity (Wildman–Crippen MR) is 108 cm³/mol. The largest absolute Gasteiger partial charge is 0.293 e. The van der Waals surface area contributed by atoms with Gasteiger partial charge in [0.2, 0.25) is 0 Å². The van der Waals surface area contributed by atoms with Gasteiger partial charge in [-0.05, 0) is 11.6 Å². The van der Waals surface area contributed by atoms with Gasteiger partial charge < -0.3 is 0 Å². The molecular weight excluding hydrogens is 380 g/mol. The fraction of sp³-hybridized carbons (Fsp3) is 0.0526. The van der Waals surface area contributed by atoms with Crippen molar-refractivity contribution in [2.75, 3.05) is 0 Å². The molecule has 4 aromatic heterocycles. The first-order chi connectivity index (χ1) is 13.2. The third-order valence-electron chi connectivity index (χ3n) is 4.26. The van der Waals surface area contributed by atoms with Gasteiger partial charge >= 0.3 is 0 Å². The Labute approximate surface area is 160 Å². The van der Waals surface area contributed by atoms with Crippen LogP contribution in [-0.2, 0) is 6.54 Å². The van der Waals surface area contributed by atoms with Crippen LogP contribution in [0.4, 0.5) is 0 Å². The Morgan fingerprint density at radius 2 is 1.93 bits per heavy atom. The van der Waals surface area contributed by atoms with Crippen molar-refractivity contribution in [1.82, 2.24) is 18.9 Å². The minimum atomic E-state index is -0.153. The lowest BCUT2D eigenvalue weighted by atomic mass is 10.2. The summed E-state index contributed by atoms with van der Waals surface area (Å²) in [7, 11) is 0. The Balaban J connectivity index is 1.58. The standard InChI is InChI=1S/C19H12N4O2S2/c24-16-8-13(21-19-23(16)6-7-26-19)10-22-11-20-17-14(18(22)25)9-15(27-17)12-4-2-1-3-5-12/h1-9,11H,10H2. The van der Waals surface area contributed by atoms with Crippen molar-refractivity contribution in [2.24, 2.45) is 0 Å². The van der Waals surface area contributed by atoms with Gasteiger partial charge in [0.1, 0.15) is 4.83 Å². The molecular formula is C19H12N4O2S2. The first kappa shape index (κ1) is 16.1. The van der Waals surface area contributed by atoms with Crippen LogP contribution in [0.1, 0.15) is 5.69 Å². The minimum Gasteiger partial charge on any atom is -0.293 e. The van der Waals surface area contributed by atoms with Crippen LogP contribution < -0.4 is 11.1 Å². The molecule has 0 aliphatic carbocycles. The van der Waals surface area contributed by atoms with Crippen LogP contribution in [0.25, 0.3) is 25.6 Å². The van der Waals surface area contributed by atoms with Crippen molar-refractivity contribution in [3.05, 3.63) is 86.8 Å². The minimum absolute atomic E-state index is 0.133. The molecule has 132 valence electrons. The molecule has 27 heavy (non-hydrogen) atoms. The van der Waals surface area contributed by atoms with E-state index in [4.69, 9.17) is 0 Å². The van der Waals surface area contributed by atoms with Crippen molar-refractivity contribution >= 4 is 37.9 Å². The normalized spacial score (nSPS) is 11.4. The number of fused-ring (bicyclic) bond motifs is 2. The van der Waals surface area contributed by atoms with E-state index in [0.29, 0.717) is 20.9 Å². The van der Waals surface area contributed by atoms with E-state index in [-0.39, 0.29) is 17.7 Å². The van der Waals surface area contributed by atoms with Gasteiger partial charge in [-0.2, -0.15) is 0 Å². The molecule has 0 radical (unpaired) electrons. The topological polar surface area (TPSA) is 69.3 Å².